The van der Waals surface area contributed by atoms with Crippen molar-refractivity contribution >= 4 is 0 Å². The third kappa shape index (κ3) is 9.77. The number of epoxide rings is 1. The Balaban J connectivity index is 1.65. The Morgan fingerprint density at radius 2 is 1.10 bits per heavy atom. The van der Waals surface area contributed by atoms with E-state index in [9.17, 15) is 0 Å². The Bertz CT molecular complexity index is 206. The van der Waals surface area contributed by atoms with Crippen LogP contribution in [-0.4, -0.2) is 23.9 Å². The van der Waals surface area contributed by atoms with Crippen LogP contribution in [0.3, 0.4) is 0 Å². The van der Waals surface area contributed by atoms with Crippen LogP contribution in [0.15, 0.2) is 0 Å². The minimum atomic E-state index is 0.367. The summed E-state index contributed by atoms with van der Waals surface area (Å²) in [4.78, 5) is 0. The number of unbranched alkanes of at least 4 members (excludes halogenated alkanes) is 11. The molecule has 1 fully saturated rings. The Hall–Kier alpha value is -0.0800. The maximum absolute atomic E-state index is 8.68. The molecule has 20 heavy (non-hydrogen) atoms. The van der Waals surface area contributed by atoms with Crippen LogP contribution >= 0.6 is 0 Å². The van der Waals surface area contributed by atoms with E-state index >= 15 is 0 Å². The molecule has 1 rings (SSSR count). The number of aliphatic hydroxyl groups excluding tert-OH is 1. The third-order valence-electron chi connectivity index (χ3n) is 4.49. The lowest BCUT2D eigenvalue weighted by atomic mass is 10.0. The molecule has 0 aromatic carbocycles. The number of aliphatic hydroxyl groups is 1. The molecule has 2 heteroatoms. The highest BCUT2D eigenvalue weighted by atomic mass is 16.6. The number of hydrogen-bond donors (Lipinski definition) is 1. The summed E-state index contributed by atoms with van der Waals surface area (Å²) in [6.07, 6.45) is 19.8. The lowest BCUT2D eigenvalue weighted by Crippen LogP contribution is -1.92. The van der Waals surface area contributed by atoms with E-state index in [1.165, 1.54) is 83.5 Å². The van der Waals surface area contributed by atoms with E-state index in [-0.39, 0.29) is 0 Å². The average Bonchev–Trinajstić information content (AvgIpc) is 3.22. The summed E-state index contributed by atoms with van der Waals surface area (Å²) in [5.41, 5.74) is 0. The van der Waals surface area contributed by atoms with Crippen LogP contribution in [-0.2, 0) is 4.74 Å². The molecular weight excluding hydrogens is 248 g/mol. The van der Waals surface area contributed by atoms with E-state index < -0.39 is 0 Å². The number of ether oxygens (including phenoxy) is 1. The highest BCUT2D eigenvalue weighted by Crippen LogP contribution is 2.29. The molecule has 0 aliphatic carbocycles. The van der Waals surface area contributed by atoms with Crippen LogP contribution < -0.4 is 0 Å². The van der Waals surface area contributed by atoms with Gasteiger partial charge in [-0.15, -0.1) is 0 Å². The molecule has 1 saturated heterocycles. The van der Waals surface area contributed by atoms with Crippen LogP contribution in [0.1, 0.15) is 96.8 Å². The van der Waals surface area contributed by atoms with E-state index in [0.29, 0.717) is 18.8 Å². The molecule has 0 bridgehead atoms. The fourth-order valence-electron chi connectivity index (χ4n) is 3.02. The minimum Gasteiger partial charge on any atom is -0.396 e. The zero-order valence-corrected chi connectivity index (χ0v) is 13.6. The quantitative estimate of drug-likeness (QED) is 0.330. The van der Waals surface area contributed by atoms with Gasteiger partial charge in [0.1, 0.15) is 0 Å². The van der Waals surface area contributed by atoms with Crippen LogP contribution in [0.2, 0.25) is 0 Å². The smallest absolute Gasteiger partial charge is 0.0841 e. The van der Waals surface area contributed by atoms with Crippen molar-refractivity contribution in [3.8, 4) is 0 Å². The normalized spacial score (nSPS) is 21.3. The Morgan fingerprint density at radius 1 is 0.650 bits per heavy atom. The molecule has 1 aliphatic rings. The van der Waals surface area contributed by atoms with Gasteiger partial charge >= 0.3 is 0 Å². The summed E-state index contributed by atoms with van der Waals surface area (Å²) in [5, 5.41) is 8.68. The number of hydrogen-bond acceptors (Lipinski definition) is 2. The highest BCUT2D eigenvalue weighted by Gasteiger charge is 2.35. The summed E-state index contributed by atoms with van der Waals surface area (Å²) < 4.78 is 5.56. The van der Waals surface area contributed by atoms with Crippen molar-refractivity contribution in [1.29, 1.82) is 0 Å². The zero-order valence-electron chi connectivity index (χ0n) is 13.6. The monoisotopic (exact) mass is 284 g/mol. The first kappa shape index (κ1) is 18.0. The maximum atomic E-state index is 8.68. The fraction of sp³-hybridized carbons (Fsp3) is 1.00. The lowest BCUT2D eigenvalue weighted by molar-refractivity contribution is 0.282. The summed E-state index contributed by atoms with van der Waals surface area (Å²) in [6.45, 7) is 2.59. The summed E-state index contributed by atoms with van der Waals surface area (Å²) in [5.74, 6) is 0. The summed E-state index contributed by atoms with van der Waals surface area (Å²) in [6, 6.07) is 0. The molecule has 0 saturated carbocycles. The number of rotatable bonds is 15. The second-order valence-corrected chi connectivity index (χ2v) is 6.38. The largest absolute Gasteiger partial charge is 0.396 e. The molecule has 2 atom stereocenters. The molecule has 120 valence electrons. The van der Waals surface area contributed by atoms with E-state index in [1.807, 2.05) is 0 Å². The SMILES string of the molecule is CCC1OC1CCCCCCCCCCCCCCO. The Kier molecular flexibility index (Phi) is 11.4. The van der Waals surface area contributed by atoms with Crippen molar-refractivity contribution in [2.75, 3.05) is 6.61 Å². The first-order valence-electron chi connectivity index (χ1n) is 9.14. The molecule has 0 aromatic rings. The van der Waals surface area contributed by atoms with Gasteiger partial charge < -0.3 is 9.84 Å². The van der Waals surface area contributed by atoms with E-state index in [1.54, 1.807) is 0 Å². The summed E-state index contributed by atoms with van der Waals surface area (Å²) in [7, 11) is 0. The molecular formula is C18H36O2. The van der Waals surface area contributed by atoms with Crippen molar-refractivity contribution in [3.63, 3.8) is 0 Å². The first-order chi connectivity index (χ1) is 9.88. The Morgan fingerprint density at radius 3 is 1.50 bits per heavy atom. The van der Waals surface area contributed by atoms with Gasteiger partial charge in [-0.1, -0.05) is 77.6 Å². The molecule has 1 aliphatic heterocycles. The van der Waals surface area contributed by atoms with Gasteiger partial charge in [0.05, 0.1) is 12.2 Å². The predicted molar refractivity (Wildman–Crippen MR) is 86.1 cm³/mol. The molecule has 0 radical (unpaired) electrons. The minimum absolute atomic E-state index is 0.367. The molecule has 1 N–H and O–H groups in total. The third-order valence-corrected chi connectivity index (χ3v) is 4.49. The predicted octanol–water partition coefficient (Wildman–Crippen LogP) is 5.23. The fourth-order valence-corrected chi connectivity index (χ4v) is 3.02. The topological polar surface area (TPSA) is 32.8 Å². The van der Waals surface area contributed by atoms with E-state index in [2.05, 4.69) is 6.92 Å². The van der Waals surface area contributed by atoms with Crippen LogP contribution in [0.5, 0.6) is 0 Å². The van der Waals surface area contributed by atoms with Gasteiger partial charge in [0.25, 0.3) is 0 Å². The first-order valence-corrected chi connectivity index (χ1v) is 9.14. The molecule has 0 aromatic heterocycles. The Labute approximate surface area is 126 Å². The second kappa shape index (κ2) is 12.6. The molecule has 2 unspecified atom stereocenters. The van der Waals surface area contributed by atoms with Gasteiger partial charge in [0, 0.05) is 6.61 Å². The summed E-state index contributed by atoms with van der Waals surface area (Å²) >= 11 is 0. The highest BCUT2D eigenvalue weighted by molar-refractivity contribution is 4.82. The van der Waals surface area contributed by atoms with Gasteiger partial charge in [-0.25, -0.2) is 0 Å². The van der Waals surface area contributed by atoms with Crippen LogP contribution in [0.4, 0.5) is 0 Å². The van der Waals surface area contributed by atoms with Crippen molar-refractivity contribution in [2.24, 2.45) is 0 Å². The van der Waals surface area contributed by atoms with Gasteiger partial charge in [-0.2, -0.15) is 0 Å². The van der Waals surface area contributed by atoms with Crippen LogP contribution in [0.25, 0.3) is 0 Å². The molecule has 2 nitrogen and oxygen atoms in total. The van der Waals surface area contributed by atoms with Gasteiger partial charge in [0.2, 0.25) is 0 Å². The molecule has 1 heterocycles. The van der Waals surface area contributed by atoms with E-state index in [0.717, 1.165) is 6.42 Å². The maximum Gasteiger partial charge on any atom is 0.0841 e. The molecule has 0 amide bonds. The van der Waals surface area contributed by atoms with Gasteiger partial charge in [-0.3, -0.25) is 0 Å². The van der Waals surface area contributed by atoms with Crippen molar-refractivity contribution in [2.45, 2.75) is 109 Å². The van der Waals surface area contributed by atoms with E-state index in [4.69, 9.17) is 9.84 Å². The average molecular weight is 284 g/mol. The zero-order chi connectivity index (χ0) is 14.5. The van der Waals surface area contributed by atoms with Crippen molar-refractivity contribution in [1.82, 2.24) is 0 Å². The standard InChI is InChI=1S/C18H36O2/c1-2-17-18(20-17)15-13-11-9-7-5-3-4-6-8-10-12-14-16-19/h17-19H,2-16H2,1H3. The van der Waals surface area contributed by atoms with Crippen molar-refractivity contribution < 1.29 is 9.84 Å². The second-order valence-electron chi connectivity index (χ2n) is 6.38. The van der Waals surface area contributed by atoms with Gasteiger partial charge in [0.15, 0.2) is 0 Å². The van der Waals surface area contributed by atoms with Gasteiger partial charge in [-0.05, 0) is 19.3 Å². The lowest BCUT2D eigenvalue weighted by Gasteiger charge is -2.02. The van der Waals surface area contributed by atoms with Crippen LogP contribution in [0, 0.1) is 0 Å². The van der Waals surface area contributed by atoms with Crippen molar-refractivity contribution in [3.05, 3.63) is 0 Å². The molecule has 0 spiro atoms.